The first-order valence-electron chi connectivity index (χ1n) is 10.4. The SMILES string of the molecule is CCOC(=O)C(CC(=O)O)=C(c1ccc(S(=O)(=O)NC(C)(C)C)cc1)c1ccc(OC)c(F)c1. The van der Waals surface area contributed by atoms with Crippen molar-refractivity contribution >= 4 is 27.5 Å². The van der Waals surface area contributed by atoms with Gasteiger partial charge >= 0.3 is 11.9 Å². The summed E-state index contributed by atoms with van der Waals surface area (Å²) in [7, 11) is -2.53. The summed E-state index contributed by atoms with van der Waals surface area (Å²) in [4.78, 5) is 24.2. The summed E-state index contributed by atoms with van der Waals surface area (Å²) >= 11 is 0. The zero-order chi connectivity index (χ0) is 25.7. The van der Waals surface area contributed by atoms with Gasteiger partial charge in [-0.3, -0.25) is 4.79 Å². The van der Waals surface area contributed by atoms with E-state index in [1.165, 1.54) is 43.5 Å². The van der Waals surface area contributed by atoms with Crippen LogP contribution in [-0.4, -0.2) is 44.7 Å². The van der Waals surface area contributed by atoms with E-state index < -0.39 is 39.7 Å². The van der Waals surface area contributed by atoms with Crippen LogP contribution in [0.1, 0.15) is 45.2 Å². The molecule has 0 saturated heterocycles. The minimum Gasteiger partial charge on any atom is -0.494 e. The van der Waals surface area contributed by atoms with Gasteiger partial charge in [0.15, 0.2) is 11.6 Å². The highest BCUT2D eigenvalue weighted by Gasteiger charge is 2.25. The van der Waals surface area contributed by atoms with Crippen LogP contribution in [0.25, 0.3) is 5.57 Å². The number of hydrogen-bond acceptors (Lipinski definition) is 6. The second-order valence-electron chi connectivity index (χ2n) is 8.37. The van der Waals surface area contributed by atoms with Crippen LogP contribution in [0.5, 0.6) is 5.75 Å². The molecule has 0 aliphatic heterocycles. The third-order valence-corrected chi connectivity index (χ3v) is 6.26. The van der Waals surface area contributed by atoms with E-state index in [-0.39, 0.29) is 34.0 Å². The van der Waals surface area contributed by atoms with Crippen molar-refractivity contribution in [1.82, 2.24) is 4.72 Å². The fourth-order valence-electron chi connectivity index (χ4n) is 3.23. The van der Waals surface area contributed by atoms with Crippen molar-refractivity contribution in [1.29, 1.82) is 0 Å². The van der Waals surface area contributed by atoms with Gasteiger partial charge in [0, 0.05) is 11.1 Å². The van der Waals surface area contributed by atoms with Gasteiger partial charge in [-0.15, -0.1) is 0 Å². The molecular weight excluding hydrogens is 465 g/mol. The van der Waals surface area contributed by atoms with Gasteiger partial charge < -0.3 is 14.6 Å². The third-order valence-electron chi connectivity index (χ3n) is 4.49. The van der Waals surface area contributed by atoms with Crippen molar-refractivity contribution in [3.05, 3.63) is 65.0 Å². The van der Waals surface area contributed by atoms with E-state index in [0.29, 0.717) is 5.56 Å². The second kappa shape index (κ2) is 10.8. The largest absolute Gasteiger partial charge is 0.494 e. The standard InChI is InChI=1S/C24H28FNO7S/c1-6-33-23(29)18(14-21(27)28)22(16-9-12-20(32-5)19(25)13-16)15-7-10-17(11-8-15)34(30,31)26-24(2,3)4/h7-13,26H,6,14H2,1-5H3,(H,27,28). The maximum absolute atomic E-state index is 14.5. The first-order chi connectivity index (χ1) is 15.8. The van der Waals surface area contributed by atoms with Gasteiger partial charge in [-0.05, 0) is 63.1 Å². The number of hydrogen-bond donors (Lipinski definition) is 2. The van der Waals surface area contributed by atoms with Gasteiger partial charge in [-0.2, -0.15) is 0 Å². The van der Waals surface area contributed by atoms with Crippen molar-refractivity contribution < 1.29 is 37.0 Å². The van der Waals surface area contributed by atoms with Crippen LogP contribution in [0.2, 0.25) is 0 Å². The fraction of sp³-hybridized carbons (Fsp3) is 0.333. The highest BCUT2D eigenvalue weighted by atomic mass is 32.2. The van der Waals surface area contributed by atoms with Crippen LogP contribution in [0.4, 0.5) is 4.39 Å². The first kappa shape index (κ1) is 27.0. The Morgan fingerprint density at radius 1 is 1.06 bits per heavy atom. The molecule has 8 nitrogen and oxygen atoms in total. The van der Waals surface area contributed by atoms with E-state index in [9.17, 15) is 27.5 Å². The highest BCUT2D eigenvalue weighted by molar-refractivity contribution is 7.89. The number of carbonyl (C=O) groups is 2. The zero-order valence-electron chi connectivity index (χ0n) is 19.6. The number of carboxylic acid groups (broad SMARTS) is 1. The number of aliphatic carboxylic acids is 1. The lowest BCUT2D eigenvalue weighted by Gasteiger charge is -2.20. The maximum Gasteiger partial charge on any atom is 0.335 e. The summed E-state index contributed by atoms with van der Waals surface area (Å²) in [5.74, 6) is -2.91. The number of benzene rings is 2. The van der Waals surface area contributed by atoms with Crippen molar-refractivity contribution in [3.8, 4) is 5.75 Å². The lowest BCUT2D eigenvalue weighted by molar-refractivity contribution is -0.142. The van der Waals surface area contributed by atoms with Gasteiger partial charge in [-0.25, -0.2) is 22.3 Å². The molecule has 0 amide bonds. The lowest BCUT2D eigenvalue weighted by atomic mass is 9.91. The molecule has 0 spiro atoms. The van der Waals surface area contributed by atoms with E-state index in [1.54, 1.807) is 27.7 Å². The molecule has 2 aromatic rings. The van der Waals surface area contributed by atoms with Crippen molar-refractivity contribution in [2.24, 2.45) is 0 Å². The van der Waals surface area contributed by atoms with Gasteiger partial charge in [0.2, 0.25) is 10.0 Å². The zero-order valence-corrected chi connectivity index (χ0v) is 20.5. The van der Waals surface area contributed by atoms with Crippen LogP contribution < -0.4 is 9.46 Å². The summed E-state index contributed by atoms with van der Waals surface area (Å²) < 4.78 is 52.3. The molecule has 2 aromatic carbocycles. The molecule has 2 N–H and O–H groups in total. The number of carboxylic acids is 1. The van der Waals surface area contributed by atoms with Crippen molar-refractivity contribution in [2.75, 3.05) is 13.7 Å². The molecule has 184 valence electrons. The number of rotatable bonds is 9. The van der Waals surface area contributed by atoms with Gasteiger partial charge in [0.1, 0.15) is 0 Å². The fourth-order valence-corrected chi connectivity index (χ4v) is 4.65. The number of carbonyl (C=O) groups excluding carboxylic acids is 1. The smallest absolute Gasteiger partial charge is 0.335 e. The molecule has 0 atom stereocenters. The van der Waals surface area contributed by atoms with E-state index in [0.717, 1.165) is 6.07 Å². The second-order valence-corrected chi connectivity index (χ2v) is 10.1. The number of nitrogens with one attached hydrogen (secondary N) is 1. The average Bonchev–Trinajstić information content (AvgIpc) is 2.72. The monoisotopic (exact) mass is 493 g/mol. The normalized spacial score (nSPS) is 12.6. The van der Waals surface area contributed by atoms with E-state index >= 15 is 0 Å². The Morgan fingerprint density at radius 2 is 1.65 bits per heavy atom. The van der Waals surface area contributed by atoms with Crippen LogP contribution in [0.15, 0.2) is 52.9 Å². The number of ether oxygens (including phenoxy) is 2. The Balaban J connectivity index is 2.74. The first-order valence-corrected chi connectivity index (χ1v) is 11.9. The number of esters is 1. The van der Waals surface area contributed by atoms with Crippen molar-refractivity contribution in [3.63, 3.8) is 0 Å². The highest BCUT2D eigenvalue weighted by Crippen LogP contribution is 2.32. The summed E-state index contributed by atoms with van der Waals surface area (Å²) in [6, 6.07) is 9.44. The van der Waals surface area contributed by atoms with Gasteiger partial charge in [0.25, 0.3) is 0 Å². The summed E-state index contributed by atoms with van der Waals surface area (Å²) in [6.07, 6.45) is -0.687. The Kier molecular flexibility index (Phi) is 8.57. The molecule has 34 heavy (non-hydrogen) atoms. The van der Waals surface area contributed by atoms with Crippen LogP contribution in [0, 0.1) is 5.82 Å². The molecule has 0 bridgehead atoms. The Bertz CT molecular complexity index is 1200. The minimum atomic E-state index is -3.83. The predicted molar refractivity (Wildman–Crippen MR) is 124 cm³/mol. The van der Waals surface area contributed by atoms with Crippen LogP contribution >= 0.6 is 0 Å². The Labute approximate surface area is 198 Å². The number of halogens is 1. The van der Waals surface area contributed by atoms with Gasteiger partial charge in [-0.1, -0.05) is 18.2 Å². The molecule has 0 saturated carbocycles. The minimum absolute atomic E-state index is 0.00185. The molecular formula is C24H28FNO7S. The molecule has 0 unspecified atom stereocenters. The maximum atomic E-state index is 14.5. The molecule has 0 aromatic heterocycles. The quantitative estimate of drug-likeness (QED) is 0.403. The van der Waals surface area contributed by atoms with E-state index in [4.69, 9.17) is 9.47 Å². The third kappa shape index (κ3) is 6.88. The Hall–Kier alpha value is -3.24. The molecule has 10 heteroatoms. The summed E-state index contributed by atoms with van der Waals surface area (Å²) in [6.45, 7) is 6.69. The average molecular weight is 494 g/mol. The number of methoxy groups -OCH3 is 1. The molecule has 0 heterocycles. The van der Waals surface area contributed by atoms with Gasteiger partial charge in [0.05, 0.1) is 30.6 Å². The van der Waals surface area contributed by atoms with Crippen LogP contribution in [0.3, 0.4) is 0 Å². The van der Waals surface area contributed by atoms with Crippen molar-refractivity contribution in [2.45, 2.75) is 44.6 Å². The number of sulfonamides is 1. The molecule has 0 radical (unpaired) electrons. The molecule has 0 aliphatic carbocycles. The van der Waals surface area contributed by atoms with Crippen LogP contribution in [-0.2, 0) is 24.3 Å². The molecule has 0 aliphatic rings. The summed E-state index contributed by atoms with van der Waals surface area (Å²) in [5.41, 5.74) is -0.297. The Morgan fingerprint density at radius 3 is 2.12 bits per heavy atom. The molecule has 0 fully saturated rings. The molecule has 2 rings (SSSR count). The summed E-state index contributed by atoms with van der Waals surface area (Å²) in [5, 5.41) is 9.42. The predicted octanol–water partition coefficient (Wildman–Crippen LogP) is 3.75. The van der Waals surface area contributed by atoms with E-state index in [1.807, 2.05) is 0 Å². The topological polar surface area (TPSA) is 119 Å². The lowest BCUT2D eigenvalue weighted by Crippen LogP contribution is -2.40. The van der Waals surface area contributed by atoms with E-state index in [2.05, 4.69) is 4.72 Å².